The number of esters is 1. The summed E-state index contributed by atoms with van der Waals surface area (Å²) in [6.45, 7) is 1.11. The first-order chi connectivity index (χ1) is 14.0. The van der Waals surface area contributed by atoms with E-state index in [1.165, 1.54) is 24.6 Å². The lowest BCUT2D eigenvalue weighted by molar-refractivity contribution is -0.177. The molecule has 0 unspecified atom stereocenters. The van der Waals surface area contributed by atoms with Gasteiger partial charge in [-0.2, -0.15) is 8.78 Å². The molecule has 0 aliphatic carbocycles. The zero-order valence-corrected chi connectivity index (χ0v) is 17.1. The van der Waals surface area contributed by atoms with E-state index in [1.54, 1.807) is 18.3 Å². The maximum absolute atomic E-state index is 12.6. The molecule has 2 aromatic heterocycles. The molecule has 1 saturated heterocycles. The van der Waals surface area contributed by atoms with Gasteiger partial charge in [0.05, 0.1) is 12.7 Å². The molecule has 2 aromatic rings. The second kappa shape index (κ2) is 9.55. The summed E-state index contributed by atoms with van der Waals surface area (Å²) < 4.78 is 40.5. The first kappa shape index (κ1) is 21.5. The van der Waals surface area contributed by atoms with Crippen LogP contribution >= 0.6 is 11.3 Å². The second-order valence-corrected chi connectivity index (χ2v) is 7.71. The van der Waals surface area contributed by atoms with Gasteiger partial charge in [-0.05, 0) is 38.4 Å². The first-order valence-corrected chi connectivity index (χ1v) is 10.1. The van der Waals surface area contributed by atoms with Gasteiger partial charge in [0.1, 0.15) is 5.01 Å². The van der Waals surface area contributed by atoms with Crippen molar-refractivity contribution in [2.45, 2.75) is 38.5 Å². The van der Waals surface area contributed by atoms with Crippen LogP contribution in [0.4, 0.5) is 8.78 Å². The van der Waals surface area contributed by atoms with Gasteiger partial charge in [0.25, 0.3) is 0 Å². The normalized spacial score (nSPS) is 20.0. The number of carbonyl (C=O) groups excluding carboxylic acids is 1. The summed E-state index contributed by atoms with van der Waals surface area (Å²) >= 11 is 1.37. The highest BCUT2D eigenvalue weighted by molar-refractivity contribution is 7.15. The van der Waals surface area contributed by atoms with Crippen molar-refractivity contribution in [1.29, 1.82) is 0 Å². The minimum Gasteiger partial charge on any atom is -0.467 e. The fraction of sp³-hybridized carbons (Fsp3) is 0.526. The van der Waals surface area contributed by atoms with Crippen LogP contribution in [0.5, 0.6) is 5.88 Å². The maximum atomic E-state index is 12.6. The van der Waals surface area contributed by atoms with Crippen LogP contribution in [0.1, 0.15) is 24.6 Å². The molecule has 158 valence electrons. The van der Waals surface area contributed by atoms with Crippen molar-refractivity contribution < 1.29 is 27.8 Å². The van der Waals surface area contributed by atoms with Crippen LogP contribution in [0.3, 0.4) is 0 Å². The molecular formula is C19H23F2N3O4S. The van der Waals surface area contributed by atoms with E-state index in [2.05, 4.69) is 19.6 Å². The van der Waals surface area contributed by atoms with Crippen molar-refractivity contribution in [2.24, 2.45) is 0 Å². The van der Waals surface area contributed by atoms with Crippen LogP contribution in [-0.4, -0.2) is 59.9 Å². The number of pyridine rings is 1. The fourth-order valence-electron chi connectivity index (χ4n) is 3.51. The molecule has 0 amide bonds. The van der Waals surface area contributed by atoms with E-state index in [4.69, 9.17) is 9.47 Å². The van der Waals surface area contributed by atoms with Crippen molar-refractivity contribution in [3.63, 3.8) is 0 Å². The summed E-state index contributed by atoms with van der Waals surface area (Å²) in [5.41, 5.74) is -0.544. The number of alkyl halides is 2. The molecule has 0 aromatic carbocycles. The third-order valence-corrected chi connectivity index (χ3v) is 5.66. The number of nitrogens with zero attached hydrogens (tertiary/aromatic N) is 3. The highest BCUT2D eigenvalue weighted by Gasteiger charge is 2.44. The van der Waals surface area contributed by atoms with Crippen molar-refractivity contribution in [2.75, 3.05) is 26.8 Å². The topological polar surface area (TPSA) is 73.8 Å². The van der Waals surface area contributed by atoms with Crippen molar-refractivity contribution >= 4 is 17.3 Å². The summed E-state index contributed by atoms with van der Waals surface area (Å²) in [5.74, 6) is -0.513. The Labute approximate surface area is 171 Å². The molecule has 0 bridgehead atoms. The number of halogens is 2. The molecule has 10 heteroatoms. The van der Waals surface area contributed by atoms with Crippen LogP contribution < -0.4 is 4.74 Å². The van der Waals surface area contributed by atoms with Crippen LogP contribution in [-0.2, 0) is 20.8 Å². The molecule has 29 heavy (non-hydrogen) atoms. The number of ether oxygens (including phenoxy) is 3. The van der Waals surface area contributed by atoms with Gasteiger partial charge in [-0.15, -0.1) is 11.3 Å². The van der Waals surface area contributed by atoms with E-state index in [0.717, 1.165) is 17.8 Å². The van der Waals surface area contributed by atoms with Gasteiger partial charge in [0.2, 0.25) is 5.88 Å². The SMILES string of the molecule is CCO[C@@]1(C(=O)OC)CCCN(Cc2cnc(-c3cccnc3OC(F)F)s2)C1. The lowest BCUT2D eigenvalue weighted by Gasteiger charge is -2.40. The number of carbonyl (C=O) groups is 1. The molecule has 1 fully saturated rings. The monoisotopic (exact) mass is 427 g/mol. The van der Waals surface area contributed by atoms with E-state index < -0.39 is 12.2 Å². The molecule has 3 heterocycles. The van der Waals surface area contributed by atoms with Crippen LogP contribution in [0.25, 0.3) is 10.6 Å². The molecule has 7 nitrogen and oxygen atoms in total. The van der Waals surface area contributed by atoms with Gasteiger partial charge in [-0.25, -0.2) is 14.8 Å². The predicted molar refractivity (Wildman–Crippen MR) is 103 cm³/mol. The molecule has 0 saturated carbocycles. The number of hydrogen-bond donors (Lipinski definition) is 0. The number of thiazole rings is 1. The lowest BCUT2D eigenvalue weighted by Crippen LogP contribution is -2.55. The van der Waals surface area contributed by atoms with E-state index >= 15 is 0 Å². The molecule has 0 radical (unpaired) electrons. The molecule has 1 aliphatic rings. The summed E-state index contributed by atoms with van der Waals surface area (Å²) in [6, 6.07) is 3.29. The Kier molecular flexibility index (Phi) is 7.09. The second-order valence-electron chi connectivity index (χ2n) is 6.60. The van der Waals surface area contributed by atoms with E-state index in [9.17, 15) is 13.6 Å². The summed E-state index contributed by atoms with van der Waals surface area (Å²) in [7, 11) is 1.37. The average molecular weight is 427 g/mol. The number of hydrogen-bond acceptors (Lipinski definition) is 8. The minimum absolute atomic E-state index is 0.151. The average Bonchev–Trinajstić information content (AvgIpc) is 3.16. The Morgan fingerprint density at radius 2 is 2.24 bits per heavy atom. The quantitative estimate of drug-likeness (QED) is 0.598. The number of methoxy groups -OCH3 is 1. The Balaban J connectivity index is 1.74. The van der Waals surface area contributed by atoms with E-state index in [1.807, 2.05) is 6.92 Å². The van der Waals surface area contributed by atoms with Gasteiger partial charge >= 0.3 is 12.6 Å². The highest BCUT2D eigenvalue weighted by atomic mass is 32.1. The Morgan fingerprint density at radius 3 is 2.97 bits per heavy atom. The summed E-state index contributed by atoms with van der Waals surface area (Å²) in [4.78, 5) is 23.6. The van der Waals surface area contributed by atoms with Gasteiger partial charge in [0, 0.05) is 37.0 Å². The Morgan fingerprint density at radius 1 is 1.41 bits per heavy atom. The number of rotatable bonds is 8. The van der Waals surface area contributed by atoms with Crippen molar-refractivity contribution in [3.05, 3.63) is 29.4 Å². The zero-order valence-electron chi connectivity index (χ0n) is 16.3. The zero-order chi connectivity index (χ0) is 20.9. The van der Waals surface area contributed by atoms with Gasteiger partial charge in [-0.3, -0.25) is 4.90 Å². The molecule has 1 atom stereocenters. The van der Waals surface area contributed by atoms with Crippen LogP contribution in [0, 0.1) is 0 Å². The molecular weight excluding hydrogens is 404 g/mol. The van der Waals surface area contributed by atoms with E-state index in [-0.39, 0.29) is 11.8 Å². The Hall–Kier alpha value is -2.17. The maximum Gasteiger partial charge on any atom is 0.388 e. The highest BCUT2D eigenvalue weighted by Crippen LogP contribution is 2.34. The van der Waals surface area contributed by atoms with Gasteiger partial charge < -0.3 is 14.2 Å². The van der Waals surface area contributed by atoms with Crippen LogP contribution in [0.15, 0.2) is 24.5 Å². The Bertz CT molecular complexity index is 831. The number of aromatic nitrogens is 2. The molecule has 0 N–H and O–H groups in total. The van der Waals surface area contributed by atoms with Crippen molar-refractivity contribution in [3.8, 4) is 16.5 Å². The van der Waals surface area contributed by atoms with Crippen molar-refractivity contribution in [1.82, 2.24) is 14.9 Å². The predicted octanol–water partition coefficient (Wildman–Crippen LogP) is 3.35. The smallest absolute Gasteiger partial charge is 0.388 e. The lowest BCUT2D eigenvalue weighted by atomic mass is 9.92. The third kappa shape index (κ3) is 5.06. The standard InChI is InChI=1S/C19H23F2N3O4S/c1-3-27-19(17(25)26-2)7-5-9-24(12-19)11-13-10-23-16(29-13)14-6-4-8-22-15(14)28-18(20)21/h4,6,8,10,18H,3,5,7,9,11-12H2,1-2H3/t19-/m0/s1. The minimum atomic E-state index is -2.96. The molecule has 1 aliphatic heterocycles. The first-order valence-electron chi connectivity index (χ1n) is 9.27. The third-order valence-electron chi connectivity index (χ3n) is 4.65. The molecule has 0 spiro atoms. The molecule has 3 rings (SSSR count). The van der Waals surface area contributed by atoms with E-state index in [0.29, 0.717) is 36.7 Å². The van der Waals surface area contributed by atoms with Crippen LogP contribution in [0.2, 0.25) is 0 Å². The van der Waals surface area contributed by atoms with Gasteiger partial charge in [0.15, 0.2) is 5.60 Å². The summed E-state index contributed by atoms with van der Waals surface area (Å²) in [5, 5.41) is 0.546. The van der Waals surface area contributed by atoms with Gasteiger partial charge in [-0.1, -0.05) is 0 Å². The largest absolute Gasteiger partial charge is 0.467 e. The fourth-order valence-corrected chi connectivity index (χ4v) is 4.48. The summed E-state index contributed by atoms with van der Waals surface area (Å²) in [6.07, 6.45) is 4.51. The number of piperidine rings is 1. The number of likely N-dealkylation sites (tertiary alicyclic amines) is 1.